The van der Waals surface area contributed by atoms with E-state index in [-0.39, 0.29) is 0 Å². The molecular weight excluding hydrogens is 212 g/mol. The zero-order chi connectivity index (χ0) is 12.1. The van der Waals surface area contributed by atoms with Crippen LogP contribution in [0.1, 0.15) is 24.8 Å². The van der Waals surface area contributed by atoms with Crippen molar-refractivity contribution in [3.63, 3.8) is 0 Å². The van der Waals surface area contributed by atoms with Gasteiger partial charge in [0.15, 0.2) is 0 Å². The normalized spacial score (nSPS) is 22.1. The van der Waals surface area contributed by atoms with E-state index in [0.717, 1.165) is 30.7 Å². The third kappa shape index (κ3) is 3.72. The molecule has 0 spiro atoms. The first-order valence-corrected chi connectivity index (χ1v) is 6.42. The minimum atomic E-state index is 0.365. The van der Waals surface area contributed by atoms with Gasteiger partial charge in [0.25, 0.3) is 0 Å². The molecule has 1 saturated heterocycles. The van der Waals surface area contributed by atoms with Crippen molar-refractivity contribution in [3.05, 3.63) is 29.8 Å². The van der Waals surface area contributed by atoms with Crippen molar-refractivity contribution >= 4 is 0 Å². The Morgan fingerprint density at radius 3 is 2.71 bits per heavy atom. The van der Waals surface area contributed by atoms with Crippen LogP contribution in [-0.2, 0) is 6.54 Å². The first-order valence-electron chi connectivity index (χ1n) is 6.42. The first-order chi connectivity index (χ1) is 8.28. The summed E-state index contributed by atoms with van der Waals surface area (Å²) in [5.41, 5.74) is 6.72. The topological polar surface area (TPSA) is 38.5 Å². The van der Waals surface area contributed by atoms with E-state index < -0.39 is 0 Å². The molecule has 1 aliphatic heterocycles. The van der Waals surface area contributed by atoms with Crippen LogP contribution >= 0.6 is 0 Å². The minimum Gasteiger partial charge on any atom is -0.490 e. The molecule has 1 unspecified atom stereocenters. The molecule has 3 heteroatoms. The molecule has 1 aromatic carbocycles. The number of hydrogen-bond donors (Lipinski definition) is 1. The van der Waals surface area contributed by atoms with Gasteiger partial charge in [0, 0.05) is 13.1 Å². The lowest BCUT2D eigenvalue weighted by Gasteiger charge is -2.17. The fourth-order valence-electron chi connectivity index (χ4n) is 2.22. The molecule has 1 aromatic rings. The smallest absolute Gasteiger partial charge is 0.119 e. The van der Waals surface area contributed by atoms with Crippen LogP contribution < -0.4 is 10.5 Å². The van der Waals surface area contributed by atoms with E-state index in [9.17, 15) is 0 Å². The van der Waals surface area contributed by atoms with Gasteiger partial charge in [-0.05, 0) is 50.6 Å². The third-order valence-electron chi connectivity index (χ3n) is 3.36. The highest BCUT2D eigenvalue weighted by Gasteiger charge is 2.15. The van der Waals surface area contributed by atoms with Gasteiger partial charge in [-0.3, -0.25) is 0 Å². The lowest BCUT2D eigenvalue weighted by molar-refractivity contribution is 0.183. The molecule has 1 fully saturated rings. The molecule has 2 rings (SSSR count). The molecule has 0 bridgehead atoms. The molecular formula is C14H22N2O. The monoisotopic (exact) mass is 234 g/mol. The first kappa shape index (κ1) is 12.4. The molecule has 1 aliphatic rings. The molecule has 0 aromatic heterocycles. The Kier molecular flexibility index (Phi) is 4.40. The highest BCUT2D eigenvalue weighted by Crippen LogP contribution is 2.19. The van der Waals surface area contributed by atoms with Gasteiger partial charge in [0.2, 0.25) is 0 Å². The van der Waals surface area contributed by atoms with E-state index >= 15 is 0 Å². The van der Waals surface area contributed by atoms with Gasteiger partial charge in [-0.15, -0.1) is 0 Å². The van der Waals surface area contributed by atoms with Crippen LogP contribution in [0, 0.1) is 0 Å². The second-order valence-electron chi connectivity index (χ2n) is 4.82. The summed E-state index contributed by atoms with van der Waals surface area (Å²) in [6.45, 7) is 2.91. The van der Waals surface area contributed by atoms with E-state index in [1.165, 1.54) is 13.0 Å². The van der Waals surface area contributed by atoms with Crippen molar-refractivity contribution in [3.8, 4) is 5.75 Å². The number of ether oxygens (including phenoxy) is 1. The van der Waals surface area contributed by atoms with E-state index in [2.05, 4.69) is 11.9 Å². The molecule has 94 valence electrons. The van der Waals surface area contributed by atoms with Crippen molar-refractivity contribution in [2.75, 3.05) is 20.1 Å². The Labute approximate surface area is 104 Å². The van der Waals surface area contributed by atoms with E-state index in [1.54, 1.807) is 0 Å². The standard InChI is InChI=1S/C14H22N2O/c1-16-9-2-3-13(8-10-16)17-14-6-4-12(11-15)5-7-14/h4-7,13H,2-3,8-11,15H2,1H3. The maximum Gasteiger partial charge on any atom is 0.119 e. The van der Waals surface area contributed by atoms with Crippen molar-refractivity contribution in [1.29, 1.82) is 0 Å². The lowest BCUT2D eigenvalue weighted by Crippen LogP contribution is -2.21. The van der Waals surface area contributed by atoms with E-state index in [1.807, 2.05) is 24.3 Å². The number of likely N-dealkylation sites (tertiary alicyclic amines) is 1. The largest absolute Gasteiger partial charge is 0.490 e. The second-order valence-corrected chi connectivity index (χ2v) is 4.82. The lowest BCUT2D eigenvalue weighted by atomic mass is 10.1. The van der Waals surface area contributed by atoms with Gasteiger partial charge in [0.1, 0.15) is 5.75 Å². The van der Waals surface area contributed by atoms with Crippen LogP contribution in [-0.4, -0.2) is 31.1 Å². The molecule has 0 aliphatic carbocycles. The molecule has 1 atom stereocenters. The van der Waals surface area contributed by atoms with Crippen LogP contribution in [0.3, 0.4) is 0 Å². The van der Waals surface area contributed by atoms with Gasteiger partial charge in [-0.2, -0.15) is 0 Å². The number of rotatable bonds is 3. The summed E-state index contributed by atoms with van der Waals surface area (Å²) in [6, 6.07) is 8.13. The number of nitrogens with zero attached hydrogens (tertiary/aromatic N) is 1. The summed E-state index contributed by atoms with van der Waals surface area (Å²) in [7, 11) is 2.18. The van der Waals surface area contributed by atoms with Crippen molar-refractivity contribution in [2.45, 2.75) is 31.9 Å². The van der Waals surface area contributed by atoms with Crippen molar-refractivity contribution in [2.24, 2.45) is 5.73 Å². The quantitative estimate of drug-likeness (QED) is 0.869. The van der Waals surface area contributed by atoms with Gasteiger partial charge < -0.3 is 15.4 Å². The molecule has 17 heavy (non-hydrogen) atoms. The van der Waals surface area contributed by atoms with Crippen molar-refractivity contribution < 1.29 is 4.74 Å². The molecule has 1 heterocycles. The maximum atomic E-state index is 6.02. The van der Waals surface area contributed by atoms with E-state index in [0.29, 0.717) is 12.6 Å². The summed E-state index contributed by atoms with van der Waals surface area (Å²) in [4.78, 5) is 2.38. The predicted octanol–water partition coefficient (Wildman–Crippen LogP) is 2.01. The van der Waals surface area contributed by atoms with Crippen LogP contribution in [0.25, 0.3) is 0 Å². The fraction of sp³-hybridized carbons (Fsp3) is 0.571. The van der Waals surface area contributed by atoms with Crippen molar-refractivity contribution in [1.82, 2.24) is 4.90 Å². The Balaban J connectivity index is 1.90. The third-order valence-corrected chi connectivity index (χ3v) is 3.36. The molecule has 3 nitrogen and oxygen atoms in total. The van der Waals surface area contributed by atoms with Crippen LogP contribution in [0.4, 0.5) is 0 Å². The highest BCUT2D eigenvalue weighted by molar-refractivity contribution is 5.27. The summed E-state index contributed by atoms with van der Waals surface area (Å²) >= 11 is 0. The average Bonchev–Trinajstić information content (AvgIpc) is 2.56. The Morgan fingerprint density at radius 2 is 2.00 bits per heavy atom. The molecule has 0 amide bonds. The fourth-order valence-corrected chi connectivity index (χ4v) is 2.22. The predicted molar refractivity (Wildman–Crippen MR) is 70.1 cm³/mol. The zero-order valence-electron chi connectivity index (χ0n) is 10.6. The molecule has 0 saturated carbocycles. The summed E-state index contributed by atoms with van der Waals surface area (Å²) < 4.78 is 6.02. The van der Waals surface area contributed by atoms with Gasteiger partial charge in [-0.25, -0.2) is 0 Å². The number of nitrogens with two attached hydrogens (primary N) is 1. The van der Waals surface area contributed by atoms with Gasteiger partial charge in [-0.1, -0.05) is 12.1 Å². The average molecular weight is 234 g/mol. The van der Waals surface area contributed by atoms with E-state index in [4.69, 9.17) is 10.5 Å². The van der Waals surface area contributed by atoms with Gasteiger partial charge in [0.05, 0.1) is 6.10 Å². The second kappa shape index (κ2) is 6.03. The summed E-state index contributed by atoms with van der Waals surface area (Å²) in [5.74, 6) is 0.969. The Hall–Kier alpha value is -1.06. The zero-order valence-corrected chi connectivity index (χ0v) is 10.6. The maximum absolute atomic E-state index is 6.02. The van der Waals surface area contributed by atoms with Crippen LogP contribution in [0.5, 0.6) is 5.75 Å². The van der Waals surface area contributed by atoms with Crippen LogP contribution in [0.15, 0.2) is 24.3 Å². The Morgan fingerprint density at radius 1 is 1.24 bits per heavy atom. The molecule has 0 radical (unpaired) electrons. The van der Waals surface area contributed by atoms with Gasteiger partial charge >= 0.3 is 0 Å². The number of benzene rings is 1. The SMILES string of the molecule is CN1CCCC(Oc2ccc(CN)cc2)CC1. The highest BCUT2D eigenvalue weighted by atomic mass is 16.5. The molecule has 2 N–H and O–H groups in total. The minimum absolute atomic E-state index is 0.365. The Bertz CT molecular complexity index is 337. The van der Waals surface area contributed by atoms with Crippen LogP contribution in [0.2, 0.25) is 0 Å². The number of hydrogen-bond acceptors (Lipinski definition) is 3. The summed E-state index contributed by atoms with van der Waals surface area (Å²) in [6.07, 6.45) is 3.86. The summed E-state index contributed by atoms with van der Waals surface area (Å²) in [5, 5.41) is 0.